The number of aryl methyl sites for hydroxylation is 1. The van der Waals surface area contributed by atoms with Crippen molar-refractivity contribution in [3.8, 4) is 5.75 Å². The lowest BCUT2D eigenvalue weighted by Gasteiger charge is -2.26. The summed E-state index contributed by atoms with van der Waals surface area (Å²) in [5.74, 6) is -0.399. The largest absolute Gasteiger partial charge is 0.506 e. The minimum atomic E-state index is -3.54. The second kappa shape index (κ2) is 8.55. The molecule has 1 amide bonds. The molecule has 1 aliphatic rings. The molecular weight excluding hydrogens is 380 g/mol. The van der Waals surface area contributed by atoms with Gasteiger partial charge in [0, 0.05) is 19.2 Å². The third-order valence-electron chi connectivity index (χ3n) is 4.33. The van der Waals surface area contributed by atoms with Crippen LogP contribution in [0.3, 0.4) is 0 Å². The molecule has 1 saturated heterocycles. The van der Waals surface area contributed by atoms with Crippen LogP contribution in [0.5, 0.6) is 5.75 Å². The van der Waals surface area contributed by atoms with Crippen LogP contribution in [-0.2, 0) is 19.6 Å². The quantitative estimate of drug-likeness (QED) is 0.591. The number of anilines is 1. The van der Waals surface area contributed by atoms with Gasteiger partial charge in [-0.1, -0.05) is 18.2 Å². The molecule has 0 atom stereocenters. The lowest BCUT2D eigenvalue weighted by Crippen LogP contribution is -2.40. The summed E-state index contributed by atoms with van der Waals surface area (Å²) >= 11 is 0. The summed E-state index contributed by atoms with van der Waals surface area (Å²) in [6.45, 7) is 3.32. The lowest BCUT2D eigenvalue weighted by molar-refractivity contribution is -0.111. The van der Waals surface area contributed by atoms with Gasteiger partial charge in [0.1, 0.15) is 5.75 Å². The van der Waals surface area contributed by atoms with E-state index in [9.17, 15) is 18.3 Å². The second-order valence-electron chi connectivity index (χ2n) is 6.43. The van der Waals surface area contributed by atoms with Crippen LogP contribution in [0.25, 0.3) is 6.08 Å². The van der Waals surface area contributed by atoms with E-state index in [1.807, 2.05) is 6.92 Å². The standard InChI is InChI=1S/C20H22N2O5S/c1-15-2-8-18(19(23)14-15)21-20(24)9-5-16-3-6-17(7-4-16)28(25,26)22-10-12-27-13-11-22/h2-9,14,23H,10-13H2,1H3,(H,21,24)/b9-5+. The number of benzene rings is 2. The van der Waals surface area contributed by atoms with Gasteiger partial charge in [-0.3, -0.25) is 4.79 Å². The molecule has 3 rings (SSSR count). The first-order valence-corrected chi connectivity index (χ1v) is 10.3. The highest BCUT2D eigenvalue weighted by Crippen LogP contribution is 2.24. The van der Waals surface area contributed by atoms with E-state index >= 15 is 0 Å². The van der Waals surface area contributed by atoms with Gasteiger partial charge in [-0.05, 0) is 48.4 Å². The van der Waals surface area contributed by atoms with Crippen molar-refractivity contribution in [2.75, 3.05) is 31.6 Å². The summed E-state index contributed by atoms with van der Waals surface area (Å²) < 4.78 is 31.8. The summed E-state index contributed by atoms with van der Waals surface area (Å²) in [6.07, 6.45) is 2.90. The minimum absolute atomic E-state index is 0.000535. The lowest BCUT2D eigenvalue weighted by atomic mass is 10.2. The van der Waals surface area contributed by atoms with E-state index in [0.717, 1.165) is 5.56 Å². The molecule has 2 N–H and O–H groups in total. The van der Waals surface area contributed by atoms with Gasteiger partial charge in [-0.2, -0.15) is 4.31 Å². The highest BCUT2D eigenvalue weighted by Gasteiger charge is 2.25. The molecule has 0 unspecified atom stereocenters. The third kappa shape index (κ3) is 4.78. The molecule has 0 aliphatic carbocycles. The number of phenols is 1. The van der Waals surface area contributed by atoms with Crippen LogP contribution >= 0.6 is 0 Å². The van der Waals surface area contributed by atoms with E-state index < -0.39 is 15.9 Å². The number of carbonyl (C=O) groups is 1. The molecule has 1 aliphatic heterocycles. The molecule has 148 valence electrons. The first-order chi connectivity index (χ1) is 13.4. The first kappa shape index (κ1) is 20.1. The van der Waals surface area contributed by atoms with Crippen LogP contribution in [0, 0.1) is 6.92 Å². The van der Waals surface area contributed by atoms with E-state index in [2.05, 4.69) is 5.32 Å². The maximum Gasteiger partial charge on any atom is 0.248 e. The Morgan fingerprint density at radius 3 is 2.46 bits per heavy atom. The minimum Gasteiger partial charge on any atom is -0.506 e. The van der Waals surface area contributed by atoms with Crippen molar-refractivity contribution < 1.29 is 23.1 Å². The number of morpholine rings is 1. The maximum atomic E-state index is 12.6. The van der Waals surface area contributed by atoms with Crippen molar-refractivity contribution in [3.05, 3.63) is 59.7 Å². The van der Waals surface area contributed by atoms with Gasteiger partial charge in [0.25, 0.3) is 0 Å². The zero-order chi connectivity index (χ0) is 20.1. The Balaban J connectivity index is 1.65. The number of aromatic hydroxyl groups is 1. The van der Waals surface area contributed by atoms with Gasteiger partial charge in [-0.15, -0.1) is 0 Å². The van der Waals surface area contributed by atoms with Crippen LogP contribution in [-0.4, -0.2) is 50.0 Å². The van der Waals surface area contributed by atoms with Crippen molar-refractivity contribution in [2.45, 2.75) is 11.8 Å². The Morgan fingerprint density at radius 2 is 1.82 bits per heavy atom. The molecule has 7 nitrogen and oxygen atoms in total. The van der Waals surface area contributed by atoms with Crippen LogP contribution in [0.15, 0.2) is 53.4 Å². The summed E-state index contributed by atoms with van der Waals surface area (Å²) in [5, 5.41) is 12.4. The Bertz CT molecular complexity index is 978. The summed E-state index contributed by atoms with van der Waals surface area (Å²) in [4.78, 5) is 12.2. The topological polar surface area (TPSA) is 95.9 Å². The van der Waals surface area contributed by atoms with Crippen LogP contribution < -0.4 is 5.32 Å². The summed E-state index contributed by atoms with van der Waals surface area (Å²) in [5.41, 5.74) is 1.90. The molecule has 0 bridgehead atoms. The molecule has 0 radical (unpaired) electrons. The normalized spacial score (nSPS) is 15.6. The Kier molecular flexibility index (Phi) is 6.13. The van der Waals surface area contributed by atoms with Crippen LogP contribution in [0.4, 0.5) is 5.69 Å². The average molecular weight is 402 g/mol. The highest BCUT2D eigenvalue weighted by molar-refractivity contribution is 7.89. The third-order valence-corrected chi connectivity index (χ3v) is 6.24. The Morgan fingerprint density at radius 1 is 1.14 bits per heavy atom. The molecular formula is C20H22N2O5S. The number of sulfonamides is 1. The number of rotatable bonds is 5. The van der Waals surface area contributed by atoms with Crippen molar-refractivity contribution in [1.82, 2.24) is 4.31 Å². The predicted octanol–water partition coefficient (Wildman–Crippen LogP) is 2.37. The number of amides is 1. The van der Waals surface area contributed by atoms with Gasteiger partial charge in [-0.25, -0.2) is 8.42 Å². The monoisotopic (exact) mass is 402 g/mol. The second-order valence-corrected chi connectivity index (χ2v) is 8.37. The highest BCUT2D eigenvalue weighted by atomic mass is 32.2. The molecule has 2 aromatic rings. The van der Waals surface area contributed by atoms with E-state index in [1.54, 1.807) is 36.4 Å². The predicted molar refractivity (Wildman–Crippen MR) is 107 cm³/mol. The van der Waals surface area contributed by atoms with Crippen molar-refractivity contribution in [1.29, 1.82) is 0 Å². The fraction of sp³-hybridized carbons (Fsp3) is 0.250. The molecule has 28 heavy (non-hydrogen) atoms. The molecule has 0 aromatic heterocycles. The van der Waals surface area contributed by atoms with Gasteiger partial charge >= 0.3 is 0 Å². The average Bonchev–Trinajstić information content (AvgIpc) is 2.69. The first-order valence-electron chi connectivity index (χ1n) is 8.83. The van der Waals surface area contributed by atoms with Crippen molar-refractivity contribution in [3.63, 3.8) is 0 Å². The maximum absolute atomic E-state index is 12.6. The number of phenolic OH excluding ortho intramolecular Hbond substituents is 1. The van der Waals surface area contributed by atoms with E-state index in [-0.39, 0.29) is 10.6 Å². The summed E-state index contributed by atoms with van der Waals surface area (Å²) in [7, 11) is -3.54. The van der Waals surface area contributed by atoms with Crippen molar-refractivity contribution >= 4 is 27.7 Å². The van der Waals surface area contributed by atoms with E-state index in [4.69, 9.17) is 4.74 Å². The van der Waals surface area contributed by atoms with E-state index in [0.29, 0.717) is 37.6 Å². The number of carbonyl (C=O) groups excluding carboxylic acids is 1. The van der Waals surface area contributed by atoms with Crippen molar-refractivity contribution in [2.24, 2.45) is 0 Å². The molecule has 0 saturated carbocycles. The molecule has 2 aromatic carbocycles. The van der Waals surface area contributed by atoms with Gasteiger partial charge in [0.2, 0.25) is 15.9 Å². The molecule has 1 fully saturated rings. The SMILES string of the molecule is Cc1ccc(NC(=O)/C=C/c2ccc(S(=O)(=O)N3CCOCC3)cc2)c(O)c1. The van der Waals surface area contributed by atoms with E-state index in [1.165, 1.54) is 22.5 Å². The Hall–Kier alpha value is -2.68. The van der Waals surface area contributed by atoms with Gasteiger partial charge in [0.05, 0.1) is 23.8 Å². The zero-order valence-electron chi connectivity index (χ0n) is 15.5. The molecule has 0 spiro atoms. The molecule has 8 heteroatoms. The zero-order valence-corrected chi connectivity index (χ0v) is 16.3. The Labute approximate surface area is 164 Å². The molecule has 1 heterocycles. The fourth-order valence-corrected chi connectivity index (χ4v) is 4.19. The number of nitrogens with zero attached hydrogens (tertiary/aromatic N) is 1. The number of nitrogens with one attached hydrogen (secondary N) is 1. The number of hydrogen-bond donors (Lipinski definition) is 2. The van der Waals surface area contributed by atoms with Gasteiger partial charge < -0.3 is 15.2 Å². The summed E-state index contributed by atoms with van der Waals surface area (Å²) in [6, 6.07) is 11.3. The number of hydrogen-bond acceptors (Lipinski definition) is 5. The fourth-order valence-electron chi connectivity index (χ4n) is 2.78. The smallest absolute Gasteiger partial charge is 0.248 e. The van der Waals surface area contributed by atoms with Crippen LogP contribution in [0.1, 0.15) is 11.1 Å². The van der Waals surface area contributed by atoms with Gasteiger partial charge in [0.15, 0.2) is 0 Å². The number of ether oxygens (including phenoxy) is 1. The van der Waals surface area contributed by atoms with Crippen LogP contribution in [0.2, 0.25) is 0 Å².